The van der Waals surface area contributed by atoms with Crippen molar-refractivity contribution >= 4 is 22.5 Å². The molecule has 0 unspecified atom stereocenters. The minimum atomic E-state index is -0.285. The molecule has 0 atom stereocenters. The Hall–Kier alpha value is -1.99. The maximum atomic E-state index is 13.3. The van der Waals surface area contributed by atoms with Crippen molar-refractivity contribution in [2.75, 3.05) is 25.5 Å². The third-order valence-electron chi connectivity index (χ3n) is 4.01. The summed E-state index contributed by atoms with van der Waals surface area (Å²) in [5.74, 6) is -0.285. The van der Waals surface area contributed by atoms with E-state index < -0.39 is 0 Å². The van der Waals surface area contributed by atoms with Gasteiger partial charge in [0.2, 0.25) is 0 Å². The summed E-state index contributed by atoms with van der Waals surface area (Å²) in [4.78, 5) is 19.1. The zero-order valence-electron chi connectivity index (χ0n) is 12.9. The summed E-state index contributed by atoms with van der Waals surface area (Å²) in [5, 5.41) is 6.63. The van der Waals surface area contributed by atoms with Crippen molar-refractivity contribution in [2.45, 2.75) is 18.9 Å². The van der Waals surface area contributed by atoms with Gasteiger partial charge in [-0.3, -0.25) is 5.32 Å². The van der Waals surface area contributed by atoms with Gasteiger partial charge in [0.1, 0.15) is 5.82 Å². The second-order valence-electron chi connectivity index (χ2n) is 5.56. The highest BCUT2D eigenvalue weighted by Crippen LogP contribution is 2.29. The van der Waals surface area contributed by atoms with Crippen molar-refractivity contribution in [1.29, 1.82) is 0 Å². The fourth-order valence-corrected chi connectivity index (χ4v) is 3.45. The Morgan fingerprint density at radius 2 is 2.22 bits per heavy atom. The third-order valence-corrected chi connectivity index (χ3v) is 4.97. The van der Waals surface area contributed by atoms with Gasteiger partial charge in [-0.25, -0.2) is 14.2 Å². The van der Waals surface area contributed by atoms with Crippen LogP contribution in [0.15, 0.2) is 30.5 Å². The van der Waals surface area contributed by atoms with E-state index in [2.05, 4.69) is 15.6 Å². The van der Waals surface area contributed by atoms with Gasteiger partial charge >= 0.3 is 6.03 Å². The van der Waals surface area contributed by atoms with Crippen LogP contribution in [0.25, 0.3) is 10.4 Å². The maximum Gasteiger partial charge on any atom is 0.323 e. The van der Waals surface area contributed by atoms with E-state index in [1.807, 2.05) is 13.1 Å². The number of anilines is 1. The van der Waals surface area contributed by atoms with Gasteiger partial charge in [-0.15, -0.1) is 0 Å². The summed E-state index contributed by atoms with van der Waals surface area (Å²) >= 11 is 1.34. The number of benzene rings is 1. The first-order chi connectivity index (χ1) is 11.1. The number of rotatable bonds is 3. The molecule has 7 heteroatoms. The van der Waals surface area contributed by atoms with Gasteiger partial charge in [0.15, 0.2) is 5.13 Å². The molecule has 0 bridgehead atoms. The second kappa shape index (κ2) is 7.06. The van der Waals surface area contributed by atoms with Crippen LogP contribution in [0.5, 0.6) is 0 Å². The number of aromatic nitrogens is 1. The summed E-state index contributed by atoms with van der Waals surface area (Å²) in [5.41, 5.74) is 0.759. The third kappa shape index (κ3) is 3.86. The molecular formula is C16H19FN4OS. The van der Waals surface area contributed by atoms with Crippen molar-refractivity contribution < 1.29 is 9.18 Å². The van der Waals surface area contributed by atoms with E-state index in [-0.39, 0.29) is 17.9 Å². The number of nitrogens with zero attached hydrogens (tertiary/aromatic N) is 2. The maximum absolute atomic E-state index is 13.3. The molecule has 122 valence electrons. The quantitative estimate of drug-likeness (QED) is 0.906. The molecule has 23 heavy (non-hydrogen) atoms. The molecule has 1 aromatic carbocycles. The van der Waals surface area contributed by atoms with Gasteiger partial charge < -0.3 is 10.2 Å². The van der Waals surface area contributed by atoms with E-state index in [0.29, 0.717) is 5.13 Å². The van der Waals surface area contributed by atoms with Crippen molar-refractivity contribution in [3.8, 4) is 10.4 Å². The summed E-state index contributed by atoms with van der Waals surface area (Å²) in [7, 11) is 1.81. The number of carbonyl (C=O) groups is 1. The molecule has 3 rings (SSSR count). The average molecular weight is 334 g/mol. The van der Waals surface area contributed by atoms with E-state index in [4.69, 9.17) is 0 Å². The van der Waals surface area contributed by atoms with E-state index in [0.717, 1.165) is 36.4 Å². The molecule has 0 saturated carbocycles. The molecule has 2 aromatic rings. The predicted octanol–water partition coefficient (Wildman–Crippen LogP) is 3.16. The molecule has 0 spiro atoms. The molecule has 2 amide bonds. The average Bonchev–Trinajstić information content (AvgIpc) is 3.03. The lowest BCUT2D eigenvalue weighted by molar-refractivity contribution is 0.189. The van der Waals surface area contributed by atoms with E-state index in [9.17, 15) is 9.18 Å². The van der Waals surface area contributed by atoms with E-state index in [1.54, 1.807) is 17.2 Å². The van der Waals surface area contributed by atoms with Crippen molar-refractivity contribution in [3.05, 3.63) is 36.3 Å². The molecule has 1 fully saturated rings. The highest BCUT2D eigenvalue weighted by Gasteiger charge is 2.22. The van der Waals surface area contributed by atoms with Crippen LogP contribution in [0.2, 0.25) is 0 Å². The number of hydrogen-bond acceptors (Lipinski definition) is 4. The molecule has 1 aliphatic rings. The Morgan fingerprint density at radius 1 is 1.43 bits per heavy atom. The largest absolute Gasteiger partial charge is 0.324 e. The summed E-state index contributed by atoms with van der Waals surface area (Å²) in [6.45, 7) is 1.87. The second-order valence-corrected chi connectivity index (χ2v) is 6.59. The fraction of sp³-hybridized carbons (Fsp3) is 0.375. The monoisotopic (exact) mass is 334 g/mol. The van der Waals surface area contributed by atoms with Crippen LogP contribution in [-0.2, 0) is 0 Å². The first-order valence-electron chi connectivity index (χ1n) is 7.60. The van der Waals surface area contributed by atoms with Gasteiger partial charge in [0.05, 0.1) is 4.88 Å². The Bertz CT molecular complexity index is 684. The SMILES string of the molecule is CN(C(=O)Nc1ncc(-c2cccc(F)c2)s1)C1CCNCC1. The van der Waals surface area contributed by atoms with Crippen LogP contribution in [0.4, 0.5) is 14.3 Å². The molecule has 1 saturated heterocycles. The lowest BCUT2D eigenvalue weighted by atomic mass is 10.1. The molecule has 0 aliphatic carbocycles. The minimum Gasteiger partial charge on any atom is -0.324 e. The number of halogens is 1. The number of carbonyl (C=O) groups excluding carboxylic acids is 1. The highest BCUT2D eigenvalue weighted by molar-refractivity contribution is 7.19. The Morgan fingerprint density at radius 3 is 2.96 bits per heavy atom. The van der Waals surface area contributed by atoms with Crippen molar-refractivity contribution in [2.24, 2.45) is 0 Å². The van der Waals surface area contributed by atoms with Crippen molar-refractivity contribution in [1.82, 2.24) is 15.2 Å². The first-order valence-corrected chi connectivity index (χ1v) is 8.41. The van der Waals surface area contributed by atoms with Gasteiger partial charge in [-0.2, -0.15) is 0 Å². The molecular weight excluding hydrogens is 315 g/mol. The lowest BCUT2D eigenvalue weighted by Gasteiger charge is -2.31. The fourth-order valence-electron chi connectivity index (χ4n) is 2.65. The number of nitrogens with one attached hydrogen (secondary N) is 2. The summed E-state index contributed by atoms with van der Waals surface area (Å²) in [6, 6.07) is 6.44. The molecule has 1 aromatic heterocycles. The topological polar surface area (TPSA) is 57.3 Å². The lowest BCUT2D eigenvalue weighted by Crippen LogP contribution is -2.45. The van der Waals surface area contributed by atoms with Crippen molar-refractivity contribution in [3.63, 3.8) is 0 Å². The summed E-state index contributed by atoms with van der Waals surface area (Å²) in [6.07, 6.45) is 3.56. The highest BCUT2D eigenvalue weighted by atomic mass is 32.1. The smallest absolute Gasteiger partial charge is 0.323 e. The van der Waals surface area contributed by atoms with Crippen LogP contribution in [0, 0.1) is 5.82 Å². The van der Waals surface area contributed by atoms with Crippen LogP contribution in [0.3, 0.4) is 0 Å². The van der Waals surface area contributed by atoms with Gasteiger partial charge in [-0.1, -0.05) is 23.5 Å². The van der Waals surface area contributed by atoms with Crippen LogP contribution < -0.4 is 10.6 Å². The number of thiazole rings is 1. The summed E-state index contributed by atoms with van der Waals surface area (Å²) < 4.78 is 13.3. The molecule has 2 N–H and O–H groups in total. The standard InChI is InChI=1S/C16H19FN4OS/c1-21(13-5-7-18-8-6-13)16(22)20-15-19-10-14(23-15)11-3-2-4-12(17)9-11/h2-4,9-10,13,18H,5-8H2,1H3,(H,19,20,22). The predicted molar refractivity (Wildman–Crippen MR) is 90.2 cm³/mol. The molecule has 0 radical (unpaired) electrons. The normalized spacial score (nSPS) is 15.4. The Balaban J connectivity index is 1.65. The number of urea groups is 1. The number of amides is 2. The van der Waals surface area contributed by atoms with Gasteiger partial charge in [-0.05, 0) is 43.6 Å². The minimum absolute atomic E-state index is 0.156. The number of hydrogen-bond donors (Lipinski definition) is 2. The van der Waals surface area contributed by atoms with E-state index >= 15 is 0 Å². The zero-order valence-corrected chi connectivity index (χ0v) is 13.7. The van der Waals surface area contributed by atoms with Gasteiger partial charge in [0, 0.05) is 19.3 Å². The zero-order chi connectivity index (χ0) is 16.2. The first kappa shape index (κ1) is 15.9. The molecule has 2 heterocycles. The molecule has 1 aliphatic heterocycles. The molecule has 5 nitrogen and oxygen atoms in total. The number of piperidine rings is 1. The Labute approximate surface area is 138 Å². The van der Waals surface area contributed by atoms with E-state index in [1.165, 1.54) is 23.5 Å². The van der Waals surface area contributed by atoms with Gasteiger partial charge in [0.25, 0.3) is 0 Å². The van der Waals surface area contributed by atoms with Crippen LogP contribution in [-0.4, -0.2) is 42.1 Å². The Kier molecular flexibility index (Phi) is 4.88. The van der Waals surface area contributed by atoms with Crippen LogP contribution in [0.1, 0.15) is 12.8 Å². The van der Waals surface area contributed by atoms with Crippen LogP contribution >= 0.6 is 11.3 Å².